The van der Waals surface area contributed by atoms with E-state index in [9.17, 15) is 4.79 Å². The summed E-state index contributed by atoms with van der Waals surface area (Å²) < 4.78 is 10.5. The molecule has 2 rings (SSSR count). The van der Waals surface area contributed by atoms with Crippen molar-refractivity contribution in [3.63, 3.8) is 0 Å². The standard InChI is InChI=1S/C18H17NO3/c1-13-7-8-14(2)16(9-13)11-22-18(20)12-21-17-6-4-3-5-15(17)10-19/h3-9H,11-12H2,1-2H3. The molecule has 2 aromatic carbocycles. The lowest BCUT2D eigenvalue weighted by Crippen LogP contribution is -2.15. The Labute approximate surface area is 129 Å². The van der Waals surface area contributed by atoms with Crippen LogP contribution >= 0.6 is 0 Å². The lowest BCUT2D eigenvalue weighted by Gasteiger charge is -2.10. The fraction of sp³-hybridized carbons (Fsp3) is 0.222. The fourth-order valence-electron chi connectivity index (χ4n) is 1.98. The maximum Gasteiger partial charge on any atom is 0.344 e. The first-order chi connectivity index (χ1) is 10.6. The van der Waals surface area contributed by atoms with Crippen molar-refractivity contribution < 1.29 is 14.3 Å². The average molecular weight is 295 g/mol. The summed E-state index contributed by atoms with van der Waals surface area (Å²) >= 11 is 0. The number of nitrogens with zero attached hydrogens (tertiary/aromatic N) is 1. The minimum Gasteiger partial charge on any atom is -0.481 e. The van der Waals surface area contributed by atoms with Crippen LogP contribution in [-0.4, -0.2) is 12.6 Å². The summed E-state index contributed by atoms with van der Waals surface area (Å²) in [4.78, 5) is 11.8. The van der Waals surface area contributed by atoms with E-state index < -0.39 is 5.97 Å². The van der Waals surface area contributed by atoms with Crippen LogP contribution in [0.2, 0.25) is 0 Å². The molecule has 0 saturated carbocycles. The summed E-state index contributed by atoms with van der Waals surface area (Å²) in [5.74, 6) is -0.0812. The molecule has 0 radical (unpaired) electrons. The van der Waals surface area contributed by atoms with Crippen LogP contribution in [0.1, 0.15) is 22.3 Å². The molecule has 0 heterocycles. The number of para-hydroxylation sites is 1. The molecule has 0 aliphatic carbocycles. The molecular formula is C18H17NO3. The number of esters is 1. The van der Waals surface area contributed by atoms with Gasteiger partial charge in [-0.05, 0) is 37.1 Å². The van der Waals surface area contributed by atoms with E-state index in [2.05, 4.69) is 0 Å². The number of carbonyl (C=O) groups excluding carboxylic acids is 1. The summed E-state index contributed by atoms with van der Waals surface area (Å²) in [5.41, 5.74) is 3.57. The Bertz CT molecular complexity index is 717. The highest BCUT2D eigenvalue weighted by atomic mass is 16.6. The predicted octanol–water partition coefficient (Wildman–Crippen LogP) is 3.30. The Morgan fingerprint density at radius 2 is 1.95 bits per heavy atom. The summed E-state index contributed by atoms with van der Waals surface area (Å²) in [6, 6.07) is 14.8. The van der Waals surface area contributed by atoms with E-state index in [1.165, 1.54) is 0 Å². The van der Waals surface area contributed by atoms with Crippen molar-refractivity contribution in [2.45, 2.75) is 20.5 Å². The van der Waals surface area contributed by atoms with Gasteiger partial charge < -0.3 is 9.47 Å². The van der Waals surface area contributed by atoms with Gasteiger partial charge in [0.2, 0.25) is 0 Å². The van der Waals surface area contributed by atoms with Crippen LogP contribution in [0.4, 0.5) is 0 Å². The molecule has 0 atom stereocenters. The van der Waals surface area contributed by atoms with E-state index in [0.29, 0.717) is 11.3 Å². The van der Waals surface area contributed by atoms with Gasteiger partial charge in [-0.2, -0.15) is 5.26 Å². The highest BCUT2D eigenvalue weighted by molar-refractivity contribution is 5.71. The summed E-state index contributed by atoms with van der Waals surface area (Å²) in [6.45, 7) is 3.97. The second-order valence-corrected chi connectivity index (χ2v) is 4.99. The lowest BCUT2D eigenvalue weighted by molar-refractivity contribution is -0.147. The molecule has 0 aliphatic rings. The quantitative estimate of drug-likeness (QED) is 0.794. The first kappa shape index (κ1) is 15.6. The maximum atomic E-state index is 11.8. The molecule has 2 aromatic rings. The Hall–Kier alpha value is -2.80. The van der Waals surface area contributed by atoms with E-state index in [-0.39, 0.29) is 13.2 Å². The van der Waals surface area contributed by atoms with Crippen molar-refractivity contribution in [2.24, 2.45) is 0 Å². The second-order valence-electron chi connectivity index (χ2n) is 4.99. The smallest absolute Gasteiger partial charge is 0.344 e. The summed E-state index contributed by atoms with van der Waals surface area (Å²) in [5, 5.41) is 8.95. The first-order valence-corrected chi connectivity index (χ1v) is 6.94. The predicted molar refractivity (Wildman–Crippen MR) is 82.4 cm³/mol. The van der Waals surface area contributed by atoms with Crippen molar-refractivity contribution in [3.8, 4) is 11.8 Å². The normalized spacial score (nSPS) is 9.86. The van der Waals surface area contributed by atoms with Crippen molar-refractivity contribution in [1.82, 2.24) is 0 Å². The van der Waals surface area contributed by atoms with Gasteiger partial charge in [-0.15, -0.1) is 0 Å². The molecule has 0 unspecified atom stereocenters. The van der Waals surface area contributed by atoms with Gasteiger partial charge in [0.1, 0.15) is 18.4 Å². The van der Waals surface area contributed by atoms with Crippen molar-refractivity contribution in [2.75, 3.05) is 6.61 Å². The highest BCUT2D eigenvalue weighted by Gasteiger charge is 2.08. The Balaban J connectivity index is 1.89. The summed E-state index contributed by atoms with van der Waals surface area (Å²) in [6.07, 6.45) is 0. The average Bonchev–Trinajstić information content (AvgIpc) is 2.54. The second kappa shape index (κ2) is 7.28. The van der Waals surface area contributed by atoms with Gasteiger partial charge in [0.05, 0.1) is 5.56 Å². The maximum absolute atomic E-state index is 11.8. The monoisotopic (exact) mass is 295 g/mol. The molecule has 112 valence electrons. The molecule has 22 heavy (non-hydrogen) atoms. The molecule has 4 nitrogen and oxygen atoms in total. The van der Waals surface area contributed by atoms with Gasteiger partial charge in [0.15, 0.2) is 6.61 Å². The molecule has 0 aromatic heterocycles. The van der Waals surface area contributed by atoms with E-state index in [0.717, 1.165) is 16.7 Å². The van der Waals surface area contributed by atoms with Crippen molar-refractivity contribution in [3.05, 3.63) is 64.7 Å². The molecular weight excluding hydrogens is 278 g/mol. The van der Waals surface area contributed by atoms with E-state index in [1.807, 2.05) is 38.1 Å². The fourth-order valence-corrected chi connectivity index (χ4v) is 1.98. The van der Waals surface area contributed by atoms with Crippen molar-refractivity contribution in [1.29, 1.82) is 5.26 Å². The molecule has 0 amide bonds. The Morgan fingerprint density at radius 1 is 1.18 bits per heavy atom. The number of hydrogen-bond donors (Lipinski definition) is 0. The third-order valence-electron chi connectivity index (χ3n) is 3.25. The van der Waals surface area contributed by atoms with Gasteiger partial charge in [-0.3, -0.25) is 0 Å². The molecule has 0 N–H and O–H groups in total. The minimum absolute atomic E-state index is 0.218. The molecule has 0 bridgehead atoms. The van der Waals surface area contributed by atoms with Gasteiger partial charge in [-0.25, -0.2) is 4.79 Å². The molecule has 0 saturated heterocycles. The molecule has 0 fully saturated rings. The van der Waals surface area contributed by atoms with Crippen LogP contribution in [0.15, 0.2) is 42.5 Å². The third-order valence-corrected chi connectivity index (χ3v) is 3.25. The lowest BCUT2D eigenvalue weighted by atomic mass is 10.1. The summed E-state index contributed by atoms with van der Waals surface area (Å²) in [7, 11) is 0. The zero-order valence-corrected chi connectivity index (χ0v) is 12.6. The number of rotatable bonds is 5. The van der Waals surface area contributed by atoms with E-state index in [1.54, 1.807) is 24.3 Å². The number of carbonyl (C=O) groups is 1. The zero-order chi connectivity index (χ0) is 15.9. The van der Waals surface area contributed by atoms with Crippen LogP contribution < -0.4 is 4.74 Å². The van der Waals surface area contributed by atoms with Crippen LogP contribution in [0.5, 0.6) is 5.75 Å². The van der Waals surface area contributed by atoms with Crippen LogP contribution in [-0.2, 0) is 16.1 Å². The Morgan fingerprint density at radius 3 is 2.73 bits per heavy atom. The topological polar surface area (TPSA) is 59.3 Å². The van der Waals surface area contributed by atoms with E-state index in [4.69, 9.17) is 14.7 Å². The minimum atomic E-state index is -0.464. The first-order valence-electron chi connectivity index (χ1n) is 6.94. The van der Waals surface area contributed by atoms with Gasteiger partial charge in [0.25, 0.3) is 0 Å². The number of nitriles is 1. The highest BCUT2D eigenvalue weighted by Crippen LogP contribution is 2.16. The van der Waals surface area contributed by atoms with Gasteiger partial charge in [-0.1, -0.05) is 35.9 Å². The zero-order valence-electron chi connectivity index (χ0n) is 12.6. The third kappa shape index (κ3) is 4.10. The van der Waals surface area contributed by atoms with Crippen molar-refractivity contribution >= 4 is 5.97 Å². The van der Waals surface area contributed by atoms with Crippen LogP contribution in [0, 0.1) is 25.2 Å². The van der Waals surface area contributed by atoms with E-state index >= 15 is 0 Å². The van der Waals surface area contributed by atoms with Gasteiger partial charge >= 0.3 is 5.97 Å². The molecule has 0 aliphatic heterocycles. The number of ether oxygens (including phenoxy) is 2. The number of aryl methyl sites for hydroxylation is 2. The SMILES string of the molecule is Cc1ccc(C)c(COC(=O)COc2ccccc2C#N)c1. The molecule has 4 heteroatoms. The molecule has 0 spiro atoms. The number of hydrogen-bond acceptors (Lipinski definition) is 4. The number of benzene rings is 2. The largest absolute Gasteiger partial charge is 0.481 e. The van der Waals surface area contributed by atoms with Gasteiger partial charge in [0, 0.05) is 0 Å². The Kier molecular flexibility index (Phi) is 5.16. The van der Waals surface area contributed by atoms with Crippen LogP contribution in [0.25, 0.3) is 0 Å². The van der Waals surface area contributed by atoms with Crippen LogP contribution in [0.3, 0.4) is 0 Å².